The fourth-order valence-corrected chi connectivity index (χ4v) is 3.21. The Morgan fingerprint density at radius 1 is 1.52 bits per heavy atom. The number of nitrogens with zero attached hydrogens (tertiary/aromatic N) is 3. The first kappa shape index (κ1) is 17.7. The molecule has 1 aromatic heterocycles. The van der Waals surface area contributed by atoms with E-state index in [0.717, 1.165) is 30.3 Å². The van der Waals surface area contributed by atoms with Crippen molar-refractivity contribution in [3.8, 4) is 0 Å². The summed E-state index contributed by atoms with van der Waals surface area (Å²) in [5, 5.41) is 24.3. The minimum Gasteiger partial charge on any atom is -0.437 e. The molecule has 2 N–H and O–H groups in total. The van der Waals surface area contributed by atoms with Crippen molar-refractivity contribution in [2.24, 2.45) is 0 Å². The Hall–Kier alpha value is -2.16. The van der Waals surface area contributed by atoms with E-state index in [9.17, 15) is 15.1 Å². The molecule has 0 bridgehead atoms. The van der Waals surface area contributed by atoms with Crippen molar-refractivity contribution in [3.05, 3.63) is 62.4 Å². The number of fused-ring (bicyclic) bond motifs is 1. The Kier molecular flexibility index (Phi) is 5.22. The molecule has 1 aliphatic heterocycles. The van der Waals surface area contributed by atoms with Gasteiger partial charge in [-0.25, -0.2) is 4.98 Å². The van der Waals surface area contributed by atoms with Crippen molar-refractivity contribution in [3.63, 3.8) is 0 Å². The van der Waals surface area contributed by atoms with Crippen LogP contribution in [-0.2, 0) is 19.5 Å². The average molecular weight is 361 g/mol. The molecule has 9 heteroatoms. The molecular formula is C16H18BClN4O3. The molecule has 7 nitrogen and oxygen atoms in total. The number of rotatable bonds is 5. The van der Waals surface area contributed by atoms with Crippen LogP contribution in [0.5, 0.6) is 0 Å². The van der Waals surface area contributed by atoms with Gasteiger partial charge < -0.3 is 15.2 Å². The number of hydrogen-bond donors (Lipinski definition) is 2. The molecule has 0 radical (unpaired) electrons. The Morgan fingerprint density at radius 3 is 3.04 bits per heavy atom. The number of nitrogens with one attached hydrogen (secondary N) is 1. The van der Waals surface area contributed by atoms with Crippen LogP contribution >= 0.6 is 11.6 Å². The lowest BCUT2D eigenvalue weighted by atomic mass is 9.81. The van der Waals surface area contributed by atoms with Crippen LogP contribution in [0.4, 0.5) is 11.4 Å². The van der Waals surface area contributed by atoms with Gasteiger partial charge in [-0.3, -0.25) is 10.1 Å². The van der Waals surface area contributed by atoms with E-state index in [1.807, 2.05) is 16.9 Å². The molecule has 0 aliphatic carbocycles. The van der Waals surface area contributed by atoms with Crippen LogP contribution in [0.2, 0.25) is 12.0 Å². The first-order valence-electron chi connectivity index (χ1n) is 8.01. The van der Waals surface area contributed by atoms with Crippen molar-refractivity contribution in [2.75, 3.05) is 11.9 Å². The molecule has 1 aromatic carbocycles. The third kappa shape index (κ3) is 3.92. The molecule has 0 spiro atoms. The molecule has 2 aromatic rings. The van der Waals surface area contributed by atoms with E-state index in [2.05, 4.69) is 16.4 Å². The zero-order valence-corrected chi connectivity index (χ0v) is 14.5. The van der Waals surface area contributed by atoms with Crippen molar-refractivity contribution in [1.29, 1.82) is 0 Å². The SMILES string of the molecule is CB(O)N1CCc2cccc(CNc3cc(Cl)ncc3[N+](=O)[O-])c2C1. The molecule has 0 saturated heterocycles. The van der Waals surface area contributed by atoms with E-state index in [1.165, 1.54) is 11.6 Å². The third-order valence-electron chi connectivity index (χ3n) is 4.44. The number of halogens is 1. The highest BCUT2D eigenvalue weighted by Gasteiger charge is 2.24. The molecule has 25 heavy (non-hydrogen) atoms. The maximum Gasteiger partial charge on any atom is 0.376 e. The zero-order chi connectivity index (χ0) is 18.0. The number of hydrogen-bond acceptors (Lipinski definition) is 6. The average Bonchev–Trinajstić information content (AvgIpc) is 2.59. The summed E-state index contributed by atoms with van der Waals surface area (Å²) >= 11 is 5.86. The van der Waals surface area contributed by atoms with Crippen LogP contribution in [0.3, 0.4) is 0 Å². The lowest BCUT2D eigenvalue weighted by molar-refractivity contribution is -0.384. The van der Waals surface area contributed by atoms with Crippen LogP contribution in [0.25, 0.3) is 0 Å². The maximum absolute atomic E-state index is 11.1. The van der Waals surface area contributed by atoms with Crippen LogP contribution in [-0.4, -0.2) is 33.3 Å². The van der Waals surface area contributed by atoms with Crippen LogP contribution in [0.15, 0.2) is 30.5 Å². The first-order chi connectivity index (χ1) is 12.0. The van der Waals surface area contributed by atoms with Gasteiger partial charge in [0, 0.05) is 19.2 Å². The third-order valence-corrected chi connectivity index (χ3v) is 4.65. The second-order valence-electron chi connectivity index (χ2n) is 6.04. The Morgan fingerprint density at radius 2 is 2.32 bits per heavy atom. The lowest BCUT2D eigenvalue weighted by Crippen LogP contribution is -2.41. The molecule has 1 aliphatic rings. The largest absolute Gasteiger partial charge is 0.437 e. The Balaban J connectivity index is 1.84. The molecule has 130 valence electrons. The minimum absolute atomic E-state index is 0.111. The van der Waals surface area contributed by atoms with Crippen LogP contribution in [0.1, 0.15) is 16.7 Å². The molecule has 0 atom stereocenters. The zero-order valence-electron chi connectivity index (χ0n) is 13.8. The highest BCUT2D eigenvalue weighted by atomic mass is 35.5. The van der Waals surface area contributed by atoms with Gasteiger partial charge in [-0.1, -0.05) is 29.8 Å². The van der Waals surface area contributed by atoms with Crippen molar-refractivity contribution in [1.82, 2.24) is 9.79 Å². The Bertz CT molecular complexity index is 803. The predicted molar refractivity (Wildman–Crippen MR) is 97.6 cm³/mol. The molecule has 0 amide bonds. The number of pyridine rings is 1. The smallest absolute Gasteiger partial charge is 0.376 e. The van der Waals surface area contributed by atoms with Crippen molar-refractivity contribution in [2.45, 2.75) is 26.3 Å². The monoisotopic (exact) mass is 360 g/mol. The predicted octanol–water partition coefficient (Wildman–Crippen LogP) is 2.72. The van der Waals surface area contributed by atoms with Gasteiger partial charge in [0.2, 0.25) is 0 Å². The van der Waals surface area contributed by atoms with Gasteiger partial charge >= 0.3 is 12.7 Å². The van der Waals surface area contributed by atoms with Crippen LogP contribution < -0.4 is 5.32 Å². The van der Waals surface area contributed by atoms with Gasteiger partial charge in [-0.2, -0.15) is 0 Å². The number of aromatic nitrogens is 1. The summed E-state index contributed by atoms with van der Waals surface area (Å²) in [5.74, 6) is 0. The van der Waals surface area contributed by atoms with E-state index >= 15 is 0 Å². The first-order valence-corrected chi connectivity index (χ1v) is 8.39. The van der Waals surface area contributed by atoms with Gasteiger partial charge in [0.25, 0.3) is 0 Å². The summed E-state index contributed by atoms with van der Waals surface area (Å²) in [4.78, 5) is 16.4. The number of benzene rings is 1. The quantitative estimate of drug-likeness (QED) is 0.369. The summed E-state index contributed by atoms with van der Waals surface area (Å²) in [5.41, 5.74) is 3.68. The van der Waals surface area contributed by atoms with Crippen molar-refractivity contribution >= 4 is 30.0 Å². The van der Waals surface area contributed by atoms with E-state index in [1.54, 1.807) is 6.82 Å². The van der Waals surface area contributed by atoms with Crippen molar-refractivity contribution < 1.29 is 9.95 Å². The van der Waals surface area contributed by atoms with E-state index < -0.39 is 12.0 Å². The second kappa shape index (κ2) is 7.39. The van der Waals surface area contributed by atoms with Gasteiger partial charge in [0.15, 0.2) is 0 Å². The number of anilines is 1. The fraction of sp³-hybridized carbons (Fsp3) is 0.312. The lowest BCUT2D eigenvalue weighted by Gasteiger charge is -2.31. The number of nitro groups is 1. The van der Waals surface area contributed by atoms with E-state index in [-0.39, 0.29) is 10.8 Å². The van der Waals surface area contributed by atoms with Gasteiger partial charge in [0.1, 0.15) is 17.0 Å². The van der Waals surface area contributed by atoms with E-state index in [0.29, 0.717) is 18.8 Å². The summed E-state index contributed by atoms with van der Waals surface area (Å²) in [6.07, 6.45) is 2.02. The summed E-state index contributed by atoms with van der Waals surface area (Å²) < 4.78 is 0. The molecule has 0 unspecified atom stereocenters. The standard InChI is InChI=1S/C16H18BClN4O3/c1-17(23)21-6-5-11-3-2-4-12(13(11)10-21)8-19-14-7-16(18)20-9-15(14)22(24)25/h2-4,7,9,23H,5-6,8,10H2,1H3,(H,19,20). The molecule has 3 rings (SSSR count). The Labute approximate surface area is 150 Å². The van der Waals surface area contributed by atoms with Gasteiger partial charge in [-0.15, -0.1) is 0 Å². The second-order valence-corrected chi connectivity index (χ2v) is 6.43. The summed E-state index contributed by atoms with van der Waals surface area (Å²) in [6.45, 7) is 3.66. The molecule has 0 fully saturated rings. The van der Waals surface area contributed by atoms with E-state index in [4.69, 9.17) is 11.6 Å². The maximum atomic E-state index is 11.1. The topological polar surface area (TPSA) is 91.5 Å². The molecule has 0 saturated carbocycles. The highest BCUT2D eigenvalue weighted by Crippen LogP contribution is 2.28. The van der Waals surface area contributed by atoms with Crippen LogP contribution in [0, 0.1) is 10.1 Å². The summed E-state index contributed by atoms with van der Waals surface area (Å²) in [6, 6.07) is 7.52. The fourth-order valence-electron chi connectivity index (χ4n) is 3.06. The molecular weight excluding hydrogens is 342 g/mol. The molecule has 2 heterocycles. The normalized spacial score (nSPS) is 14.0. The minimum atomic E-state index is -0.505. The van der Waals surface area contributed by atoms with Gasteiger partial charge in [-0.05, 0) is 36.5 Å². The van der Waals surface area contributed by atoms with Gasteiger partial charge in [0.05, 0.1) is 4.92 Å². The highest BCUT2D eigenvalue weighted by molar-refractivity contribution is 6.45. The summed E-state index contributed by atoms with van der Waals surface area (Å²) in [7, 11) is -0.505.